The van der Waals surface area contributed by atoms with Gasteiger partial charge in [0.1, 0.15) is 0 Å². The van der Waals surface area contributed by atoms with E-state index in [4.69, 9.17) is 4.74 Å². The van der Waals surface area contributed by atoms with E-state index in [-0.39, 0.29) is 5.91 Å². The zero-order valence-electron chi connectivity index (χ0n) is 16.1. The van der Waals surface area contributed by atoms with Crippen LogP contribution in [0.5, 0.6) is 0 Å². The minimum Gasteiger partial charge on any atom is -0.383 e. The monoisotopic (exact) mass is 356 g/mol. The number of carbonyl (C=O) groups excluding carboxylic acids is 1. The van der Waals surface area contributed by atoms with Gasteiger partial charge in [-0.2, -0.15) is 0 Å². The Morgan fingerprint density at radius 2 is 2.12 bits per heavy atom. The van der Waals surface area contributed by atoms with E-state index in [0.717, 1.165) is 6.42 Å². The Morgan fingerprint density at radius 1 is 1.31 bits per heavy atom. The lowest BCUT2D eigenvalue weighted by atomic mass is 9.75. The van der Waals surface area contributed by atoms with Gasteiger partial charge in [-0.1, -0.05) is 44.4 Å². The van der Waals surface area contributed by atoms with E-state index in [1.54, 1.807) is 7.11 Å². The molecule has 1 fully saturated rings. The molecule has 1 aliphatic rings. The molecule has 1 amide bonds. The molecule has 4 nitrogen and oxygen atoms in total. The molecule has 4 heteroatoms. The fourth-order valence-corrected chi connectivity index (χ4v) is 4.47. The van der Waals surface area contributed by atoms with Crippen molar-refractivity contribution >= 4 is 16.8 Å². The van der Waals surface area contributed by atoms with Crippen LogP contribution in [0.1, 0.15) is 62.5 Å². The number of carbonyl (C=O) groups is 1. The van der Waals surface area contributed by atoms with Crippen LogP contribution in [0.4, 0.5) is 0 Å². The first kappa shape index (κ1) is 19.0. The summed E-state index contributed by atoms with van der Waals surface area (Å²) in [5, 5.41) is 4.31. The number of benzene rings is 1. The van der Waals surface area contributed by atoms with E-state index in [2.05, 4.69) is 41.6 Å². The second kappa shape index (κ2) is 9.22. The van der Waals surface area contributed by atoms with Crippen molar-refractivity contribution in [3.05, 3.63) is 35.5 Å². The molecule has 26 heavy (non-hydrogen) atoms. The normalized spacial score (nSPS) is 16.7. The van der Waals surface area contributed by atoms with Gasteiger partial charge in [0.15, 0.2) is 0 Å². The van der Waals surface area contributed by atoms with Gasteiger partial charge in [-0.3, -0.25) is 4.79 Å². The molecule has 0 spiro atoms. The van der Waals surface area contributed by atoms with Crippen LogP contribution in [0.2, 0.25) is 0 Å². The van der Waals surface area contributed by atoms with Crippen LogP contribution < -0.4 is 5.32 Å². The first-order valence-corrected chi connectivity index (χ1v) is 10.1. The van der Waals surface area contributed by atoms with Crippen LogP contribution in [-0.4, -0.2) is 31.2 Å². The first-order valence-electron chi connectivity index (χ1n) is 10.1. The first-order chi connectivity index (χ1) is 12.7. The fourth-order valence-electron chi connectivity index (χ4n) is 4.47. The third-order valence-electron chi connectivity index (χ3n) is 5.87. The van der Waals surface area contributed by atoms with Gasteiger partial charge in [0, 0.05) is 37.2 Å². The van der Waals surface area contributed by atoms with E-state index in [1.165, 1.54) is 54.1 Å². The SMILES string of the molecule is CCc1cccc2c(C(CC(=O)NCCOC)C3CCCCC3)c[nH]c12. The summed E-state index contributed by atoms with van der Waals surface area (Å²) in [6, 6.07) is 6.55. The lowest BCUT2D eigenvalue weighted by molar-refractivity contribution is -0.122. The molecule has 1 aromatic carbocycles. The van der Waals surface area contributed by atoms with Gasteiger partial charge in [0.25, 0.3) is 0 Å². The molecule has 0 saturated heterocycles. The number of hydrogen-bond acceptors (Lipinski definition) is 2. The van der Waals surface area contributed by atoms with Gasteiger partial charge < -0.3 is 15.0 Å². The minimum absolute atomic E-state index is 0.138. The van der Waals surface area contributed by atoms with Crippen LogP contribution in [0.3, 0.4) is 0 Å². The molecular weight excluding hydrogens is 324 g/mol. The van der Waals surface area contributed by atoms with Crippen LogP contribution in [0.25, 0.3) is 10.9 Å². The molecule has 1 aliphatic carbocycles. The van der Waals surface area contributed by atoms with Crippen molar-refractivity contribution in [3.63, 3.8) is 0 Å². The number of aromatic amines is 1. The Hall–Kier alpha value is -1.81. The standard InChI is InChI=1S/C22H32N2O2/c1-3-16-10-7-11-18-20(15-24-22(16)18)19(17-8-5-4-6-9-17)14-21(25)23-12-13-26-2/h7,10-11,15,17,19,24H,3-6,8-9,12-14H2,1-2H3,(H,23,25). The number of para-hydroxylation sites is 1. The highest BCUT2D eigenvalue weighted by Gasteiger charge is 2.29. The molecule has 0 radical (unpaired) electrons. The highest BCUT2D eigenvalue weighted by Crippen LogP contribution is 2.41. The molecule has 0 aliphatic heterocycles. The number of rotatable bonds is 8. The van der Waals surface area contributed by atoms with Gasteiger partial charge in [-0.25, -0.2) is 0 Å². The maximum atomic E-state index is 12.5. The number of amides is 1. The zero-order chi connectivity index (χ0) is 18.4. The van der Waals surface area contributed by atoms with E-state index >= 15 is 0 Å². The molecule has 2 N–H and O–H groups in total. The van der Waals surface area contributed by atoms with E-state index in [0.29, 0.717) is 31.4 Å². The predicted molar refractivity (Wildman–Crippen MR) is 106 cm³/mol. The van der Waals surface area contributed by atoms with Crippen LogP contribution in [-0.2, 0) is 16.0 Å². The highest BCUT2D eigenvalue weighted by atomic mass is 16.5. The van der Waals surface area contributed by atoms with Crippen molar-refractivity contribution in [2.45, 2.75) is 57.8 Å². The van der Waals surface area contributed by atoms with Crippen molar-refractivity contribution in [2.75, 3.05) is 20.3 Å². The van der Waals surface area contributed by atoms with Gasteiger partial charge in [-0.05, 0) is 42.2 Å². The summed E-state index contributed by atoms with van der Waals surface area (Å²) in [5.41, 5.74) is 3.91. The van der Waals surface area contributed by atoms with Gasteiger partial charge >= 0.3 is 0 Å². The average molecular weight is 357 g/mol. The van der Waals surface area contributed by atoms with Crippen molar-refractivity contribution < 1.29 is 9.53 Å². The zero-order valence-corrected chi connectivity index (χ0v) is 16.1. The van der Waals surface area contributed by atoms with Crippen molar-refractivity contribution in [1.82, 2.24) is 10.3 Å². The molecule has 1 atom stereocenters. The number of methoxy groups -OCH3 is 1. The number of aryl methyl sites for hydroxylation is 1. The summed E-state index contributed by atoms with van der Waals surface area (Å²) in [6.45, 7) is 3.34. The van der Waals surface area contributed by atoms with Crippen LogP contribution in [0.15, 0.2) is 24.4 Å². The Kier molecular flexibility index (Phi) is 6.73. The van der Waals surface area contributed by atoms with Gasteiger partial charge in [0.05, 0.1) is 6.61 Å². The Labute approximate surface area is 156 Å². The Bertz CT molecular complexity index is 716. The predicted octanol–water partition coefficient (Wildman–Crippen LogP) is 4.55. The number of fused-ring (bicyclic) bond motifs is 1. The molecule has 1 heterocycles. The average Bonchev–Trinajstić information content (AvgIpc) is 3.11. The van der Waals surface area contributed by atoms with Gasteiger partial charge in [0.2, 0.25) is 5.91 Å². The maximum Gasteiger partial charge on any atom is 0.220 e. The van der Waals surface area contributed by atoms with Crippen molar-refractivity contribution in [3.8, 4) is 0 Å². The maximum absolute atomic E-state index is 12.5. The summed E-state index contributed by atoms with van der Waals surface area (Å²) in [4.78, 5) is 16.0. The molecule has 1 unspecified atom stereocenters. The summed E-state index contributed by atoms with van der Waals surface area (Å²) in [7, 11) is 1.66. The van der Waals surface area contributed by atoms with E-state index in [1.807, 2.05) is 0 Å². The van der Waals surface area contributed by atoms with Gasteiger partial charge in [-0.15, -0.1) is 0 Å². The second-order valence-electron chi connectivity index (χ2n) is 7.49. The summed E-state index contributed by atoms with van der Waals surface area (Å²) >= 11 is 0. The smallest absolute Gasteiger partial charge is 0.220 e. The molecule has 142 valence electrons. The summed E-state index contributed by atoms with van der Waals surface area (Å²) in [6.07, 6.45) is 10.1. The molecule has 1 aromatic heterocycles. The fraction of sp³-hybridized carbons (Fsp3) is 0.591. The molecular formula is C22H32N2O2. The Morgan fingerprint density at radius 3 is 2.85 bits per heavy atom. The molecule has 3 rings (SSSR count). The summed E-state index contributed by atoms with van der Waals surface area (Å²) in [5.74, 6) is 1.03. The lowest BCUT2D eigenvalue weighted by Crippen LogP contribution is -2.30. The Balaban J connectivity index is 1.86. The number of H-pyrrole nitrogens is 1. The van der Waals surface area contributed by atoms with Crippen LogP contribution >= 0.6 is 0 Å². The van der Waals surface area contributed by atoms with Crippen molar-refractivity contribution in [1.29, 1.82) is 0 Å². The summed E-state index contributed by atoms with van der Waals surface area (Å²) < 4.78 is 5.05. The minimum atomic E-state index is 0.138. The number of aromatic nitrogens is 1. The molecule has 2 aromatic rings. The quantitative estimate of drug-likeness (QED) is 0.682. The molecule has 1 saturated carbocycles. The second-order valence-corrected chi connectivity index (χ2v) is 7.49. The third kappa shape index (κ3) is 4.29. The number of nitrogens with one attached hydrogen (secondary N) is 2. The topological polar surface area (TPSA) is 54.1 Å². The highest BCUT2D eigenvalue weighted by molar-refractivity contribution is 5.87. The third-order valence-corrected chi connectivity index (χ3v) is 5.87. The van der Waals surface area contributed by atoms with Crippen LogP contribution in [0, 0.1) is 5.92 Å². The largest absolute Gasteiger partial charge is 0.383 e. The van der Waals surface area contributed by atoms with E-state index < -0.39 is 0 Å². The number of ether oxygens (including phenoxy) is 1. The number of hydrogen-bond donors (Lipinski definition) is 2. The molecule has 0 bridgehead atoms. The van der Waals surface area contributed by atoms with E-state index in [9.17, 15) is 4.79 Å². The lowest BCUT2D eigenvalue weighted by Gasteiger charge is -2.30. The van der Waals surface area contributed by atoms with Crippen molar-refractivity contribution in [2.24, 2.45) is 5.92 Å².